The summed E-state index contributed by atoms with van der Waals surface area (Å²) in [5.74, 6) is 0. The van der Waals surface area contributed by atoms with Crippen molar-refractivity contribution in [2.24, 2.45) is 0 Å². The van der Waals surface area contributed by atoms with Crippen LogP contribution in [0.1, 0.15) is 17.6 Å². The first-order chi connectivity index (χ1) is 9.96. The summed E-state index contributed by atoms with van der Waals surface area (Å²) in [6.45, 7) is 5.92. The van der Waals surface area contributed by atoms with E-state index in [4.69, 9.17) is 0 Å². The Morgan fingerprint density at radius 2 is 1.90 bits per heavy atom. The van der Waals surface area contributed by atoms with Crippen molar-refractivity contribution in [3.63, 3.8) is 0 Å². The fraction of sp³-hybridized carbons (Fsp3) is 0.769. The highest BCUT2D eigenvalue weighted by molar-refractivity contribution is 7.09. The average molecular weight is 322 g/mol. The number of alkyl halides is 3. The van der Waals surface area contributed by atoms with Crippen molar-refractivity contribution >= 4 is 11.3 Å². The molecule has 0 spiro atoms. The van der Waals surface area contributed by atoms with Crippen molar-refractivity contribution in [1.29, 1.82) is 0 Å². The Hall–Kier alpha value is -0.700. The molecule has 8 heteroatoms. The van der Waals surface area contributed by atoms with Gasteiger partial charge in [-0.2, -0.15) is 13.2 Å². The van der Waals surface area contributed by atoms with Gasteiger partial charge in [0, 0.05) is 44.6 Å². The molecule has 2 rings (SSSR count). The zero-order chi connectivity index (χ0) is 15.3. The van der Waals surface area contributed by atoms with Crippen LogP contribution in [0.3, 0.4) is 0 Å². The Balaban J connectivity index is 1.74. The molecule has 0 atom stereocenters. The molecule has 0 amide bonds. The topological polar surface area (TPSA) is 31.4 Å². The van der Waals surface area contributed by atoms with Crippen LogP contribution in [-0.4, -0.2) is 60.2 Å². The van der Waals surface area contributed by atoms with Crippen LogP contribution >= 0.6 is 11.3 Å². The number of halogens is 3. The standard InChI is InChI=1S/C13H21F3N4S/c1-2-17-7-12-18-11(9-21-12)8-19-3-5-20(6-4-19)10-13(14,15)16/h9,17H,2-8,10H2,1H3. The van der Waals surface area contributed by atoms with Crippen LogP contribution in [0.5, 0.6) is 0 Å². The molecule has 2 heterocycles. The van der Waals surface area contributed by atoms with E-state index in [1.54, 1.807) is 11.3 Å². The third kappa shape index (κ3) is 5.90. The summed E-state index contributed by atoms with van der Waals surface area (Å²) >= 11 is 1.63. The monoisotopic (exact) mass is 322 g/mol. The number of thiazole rings is 1. The van der Waals surface area contributed by atoms with Crippen LogP contribution in [0.15, 0.2) is 5.38 Å². The van der Waals surface area contributed by atoms with Crippen molar-refractivity contribution < 1.29 is 13.2 Å². The number of hydrogen-bond acceptors (Lipinski definition) is 5. The SMILES string of the molecule is CCNCc1nc(CN2CCN(CC(F)(F)F)CC2)cs1. The minimum Gasteiger partial charge on any atom is -0.311 e. The fourth-order valence-corrected chi connectivity index (χ4v) is 3.08. The van der Waals surface area contributed by atoms with E-state index < -0.39 is 12.7 Å². The molecule has 1 aromatic rings. The molecule has 1 aliphatic rings. The van der Waals surface area contributed by atoms with Gasteiger partial charge in [-0.15, -0.1) is 11.3 Å². The molecule has 21 heavy (non-hydrogen) atoms. The molecule has 1 fully saturated rings. The Labute approximate surface area is 127 Å². The highest BCUT2D eigenvalue weighted by Crippen LogP contribution is 2.18. The van der Waals surface area contributed by atoms with Gasteiger partial charge in [0.1, 0.15) is 5.01 Å². The van der Waals surface area contributed by atoms with Gasteiger partial charge in [0.15, 0.2) is 0 Å². The lowest BCUT2D eigenvalue weighted by Crippen LogP contribution is -2.48. The van der Waals surface area contributed by atoms with Crippen molar-refractivity contribution in [2.75, 3.05) is 39.3 Å². The second-order valence-corrected chi connectivity index (χ2v) is 6.12. The second kappa shape index (κ2) is 7.53. The van der Waals surface area contributed by atoms with Crippen LogP contribution in [0.2, 0.25) is 0 Å². The molecule has 0 aliphatic carbocycles. The maximum Gasteiger partial charge on any atom is 0.401 e. The molecule has 0 aromatic carbocycles. The minimum atomic E-state index is -4.10. The number of hydrogen-bond donors (Lipinski definition) is 1. The van der Waals surface area contributed by atoms with Gasteiger partial charge in [0.25, 0.3) is 0 Å². The van der Waals surface area contributed by atoms with Crippen LogP contribution in [0.25, 0.3) is 0 Å². The molecule has 1 aliphatic heterocycles. The first kappa shape index (κ1) is 16.7. The van der Waals surface area contributed by atoms with E-state index in [1.807, 2.05) is 5.38 Å². The number of nitrogens with zero attached hydrogens (tertiary/aromatic N) is 3. The van der Waals surface area contributed by atoms with Crippen LogP contribution in [0.4, 0.5) is 13.2 Å². The quantitative estimate of drug-likeness (QED) is 0.867. The zero-order valence-electron chi connectivity index (χ0n) is 12.1. The molecule has 120 valence electrons. The number of rotatable bonds is 6. The summed E-state index contributed by atoms with van der Waals surface area (Å²) in [4.78, 5) is 8.17. The van der Waals surface area contributed by atoms with Gasteiger partial charge in [0.05, 0.1) is 12.2 Å². The summed E-state index contributed by atoms with van der Waals surface area (Å²) < 4.78 is 37.0. The first-order valence-electron chi connectivity index (χ1n) is 7.11. The van der Waals surface area contributed by atoms with Gasteiger partial charge in [0.2, 0.25) is 0 Å². The zero-order valence-corrected chi connectivity index (χ0v) is 12.9. The molecule has 1 saturated heterocycles. The highest BCUT2D eigenvalue weighted by atomic mass is 32.1. The molecule has 1 aromatic heterocycles. The van der Waals surface area contributed by atoms with E-state index in [0.29, 0.717) is 26.2 Å². The summed E-state index contributed by atoms with van der Waals surface area (Å²) in [6, 6.07) is 0. The smallest absolute Gasteiger partial charge is 0.311 e. The van der Waals surface area contributed by atoms with Crippen molar-refractivity contribution in [3.05, 3.63) is 16.1 Å². The third-order valence-electron chi connectivity index (χ3n) is 3.38. The van der Waals surface area contributed by atoms with Gasteiger partial charge >= 0.3 is 6.18 Å². The molecule has 0 unspecified atom stereocenters. The van der Waals surface area contributed by atoms with Gasteiger partial charge in [-0.3, -0.25) is 9.80 Å². The lowest BCUT2D eigenvalue weighted by Gasteiger charge is -2.34. The number of aromatic nitrogens is 1. The Morgan fingerprint density at radius 1 is 1.24 bits per heavy atom. The summed E-state index contributed by atoms with van der Waals surface area (Å²) in [5.41, 5.74) is 1.01. The van der Waals surface area contributed by atoms with Gasteiger partial charge in [-0.05, 0) is 6.54 Å². The molecule has 4 nitrogen and oxygen atoms in total. The van der Waals surface area contributed by atoms with E-state index in [0.717, 1.165) is 30.3 Å². The summed E-state index contributed by atoms with van der Waals surface area (Å²) in [5, 5.41) is 6.32. The Bertz CT molecular complexity index is 427. The predicted molar refractivity (Wildman–Crippen MR) is 77.3 cm³/mol. The minimum absolute atomic E-state index is 0.466. The van der Waals surface area contributed by atoms with Crippen LogP contribution in [-0.2, 0) is 13.1 Å². The van der Waals surface area contributed by atoms with Crippen molar-refractivity contribution in [1.82, 2.24) is 20.1 Å². The van der Waals surface area contributed by atoms with Crippen molar-refractivity contribution in [3.8, 4) is 0 Å². The van der Waals surface area contributed by atoms with Gasteiger partial charge in [-0.25, -0.2) is 4.98 Å². The fourth-order valence-electron chi connectivity index (χ4n) is 2.32. The summed E-state index contributed by atoms with van der Waals surface area (Å²) in [7, 11) is 0. The highest BCUT2D eigenvalue weighted by Gasteiger charge is 2.32. The van der Waals surface area contributed by atoms with Gasteiger partial charge in [-0.1, -0.05) is 6.92 Å². The molecule has 1 N–H and O–H groups in total. The maximum atomic E-state index is 12.3. The molecule has 0 bridgehead atoms. The third-order valence-corrected chi connectivity index (χ3v) is 4.28. The number of nitrogens with one attached hydrogen (secondary N) is 1. The van der Waals surface area contributed by atoms with E-state index in [2.05, 4.69) is 22.1 Å². The van der Waals surface area contributed by atoms with Gasteiger partial charge < -0.3 is 5.32 Å². The molecule has 0 radical (unpaired) electrons. The lowest BCUT2D eigenvalue weighted by atomic mass is 10.3. The maximum absolute atomic E-state index is 12.3. The van der Waals surface area contributed by atoms with Crippen LogP contribution in [0, 0.1) is 0 Å². The largest absolute Gasteiger partial charge is 0.401 e. The first-order valence-corrected chi connectivity index (χ1v) is 7.99. The second-order valence-electron chi connectivity index (χ2n) is 5.18. The lowest BCUT2D eigenvalue weighted by molar-refractivity contribution is -0.149. The normalized spacial score (nSPS) is 18.3. The Kier molecular flexibility index (Phi) is 5.98. The van der Waals surface area contributed by atoms with E-state index in [-0.39, 0.29) is 0 Å². The van der Waals surface area contributed by atoms with E-state index >= 15 is 0 Å². The summed E-state index contributed by atoms with van der Waals surface area (Å²) in [6.07, 6.45) is -4.10. The Morgan fingerprint density at radius 3 is 2.52 bits per heavy atom. The van der Waals surface area contributed by atoms with Crippen molar-refractivity contribution in [2.45, 2.75) is 26.2 Å². The van der Waals surface area contributed by atoms with E-state index in [1.165, 1.54) is 4.90 Å². The molecular formula is C13H21F3N4S. The predicted octanol–water partition coefficient (Wildman–Crippen LogP) is 1.93. The number of piperazine rings is 1. The molecule has 0 saturated carbocycles. The molecular weight excluding hydrogens is 301 g/mol. The van der Waals surface area contributed by atoms with E-state index in [9.17, 15) is 13.2 Å². The average Bonchev–Trinajstić information content (AvgIpc) is 2.85. The van der Waals surface area contributed by atoms with Crippen LogP contribution < -0.4 is 5.32 Å².